The highest BCUT2D eigenvalue weighted by atomic mass is 32.1. The van der Waals surface area contributed by atoms with Gasteiger partial charge in [0, 0.05) is 12.7 Å². The van der Waals surface area contributed by atoms with Crippen molar-refractivity contribution in [1.82, 2.24) is 9.78 Å². The molecule has 0 aromatic carbocycles. The van der Waals surface area contributed by atoms with Crippen molar-refractivity contribution in [1.29, 1.82) is 0 Å². The SMILES string of the molecule is CCn1ccc(/C=C/C(=O)c2cccs2)n1. The van der Waals surface area contributed by atoms with Gasteiger partial charge in [0.2, 0.25) is 0 Å². The molecule has 0 amide bonds. The van der Waals surface area contributed by atoms with Crippen LogP contribution in [0.1, 0.15) is 22.3 Å². The normalized spacial score (nSPS) is 11.1. The van der Waals surface area contributed by atoms with E-state index in [0.717, 1.165) is 17.1 Å². The van der Waals surface area contributed by atoms with E-state index in [1.54, 1.807) is 12.2 Å². The minimum Gasteiger partial charge on any atom is -0.288 e. The molecule has 2 heterocycles. The molecule has 0 aliphatic rings. The molecule has 0 atom stereocenters. The van der Waals surface area contributed by atoms with Crippen LogP contribution in [0.5, 0.6) is 0 Å². The van der Waals surface area contributed by atoms with Gasteiger partial charge in [0.15, 0.2) is 5.78 Å². The highest BCUT2D eigenvalue weighted by molar-refractivity contribution is 7.12. The summed E-state index contributed by atoms with van der Waals surface area (Å²) < 4.78 is 1.83. The summed E-state index contributed by atoms with van der Waals surface area (Å²) in [6, 6.07) is 5.58. The standard InChI is InChI=1S/C12H12N2OS/c1-2-14-8-7-10(13-14)5-6-11(15)12-4-3-9-16-12/h3-9H,2H2,1H3/b6-5+. The molecule has 16 heavy (non-hydrogen) atoms. The summed E-state index contributed by atoms with van der Waals surface area (Å²) in [5.41, 5.74) is 0.812. The zero-order valence-electron chi connectivity index (χ0n) is 8.96. The van der Waals surface area contributed by atoms with Crippen molar-refractivity contribution >= 4 is 23.2 Å². The van der Waals surface area contributed by atoms with E-state index in [9.17, 15) is 4.79 Å². The molecule has 0 saturated carbocycles. The summed E-state index contributed by atoms with van der Waals surface area (Å²) in [6.07, 6.45) is 5.21. The lowest BCUT2D eigenvalue weighted by atomic mass is 10.3. The zero-order chi connectivity index (χ0) is 11.4. The number of aromatic nitrogens is 2. The van der Waals surface area contributed by atoms with Gasteiger partial charge in [-0.1, -0.05) is 6.07 Å². The van der Waals surface area contributed by atoms with E-state index in [1.807, 2.05) is 41.4 Å². The van der Waals surface area contributed by atoms with E-state index >= 15 is 0 Å². The molecule has 2 aromatic heterocycles. The lowest BCUT2D eigenvalue weighted by Crippen LogP contribution is -1.94. The van der Waals surface area contributed by atoms with Gasteiger partial charge in [0.25, 0.3) is 0 Å². The largest absolute Gasteiger partial charge is 0.288 e. The second-order valence-electron chi connectivity index (χ2n) is 3.27. The lowest BCUT2D eigenvalue weighted by Gasteiger charge is -1.90. The molecule has 4 heteroatoms. The summed E-state index contributed by atoms with van der Waals surface area (Å²) in [6.45, 7) is 2.87. The van der Waals surface area contributed by atoms with E-state index < -0.39 is 0 Å². The van der Waals surface area contributed by atoms with E-state index in [1.165, 1.54) is 11.3 Å². The maximum absolute atomic E-state index is 11.6. The second kappa shape index (κ2) is 4.90. The highest BCUT2D eigenvalue weighted by Crippen LogP contribution is 2.10. The van der Waals surface area contributed by atoms with Crippen molar-refractivity contribution in [3.8, 4) is 0 Å². The van der Waals surface area contributed by atoms with Crippen LogP contribution in [0, 0.1) is 0 Å². The molecule has 82 valence electrons. The van der Waals surface area contributed by atoms with E-state index in [2.05, 4.69) is 5.10 Å². The topological polar surface area (TPSA) is 34.9 Å². The maximum Gasteiger partial charge on any atom is 0.195 e. The predicted molar refractivity (Wildman–Crippen MR) is 65.6 cm³/mol. The van der Waals surface area contributed by atoms with Crippen LogP contribution in [-0.2, 0) is 6.54 Å². The smallest absolute Gasteiger partial charge is 0.195 e. The Labute approximate surface area is 98.0 Å². The van der Waals surface area contributed by atoms with Gasteiger partial charge in [-0.3, -0.25) is 9.48 Å². The number of rotatable bonds is 4. The Bertz CT molecular complexity index is 497. The van der Waals surface area contributed by atoms with Crippen LogP contribution >= 0.6 is 11.3 Å². The first kappa shape index (κ1) is 10.8. The van der Waals surface area contributed by atoms with Gasteiger partial charge in [-0.2, -0.15) is 5.10 Å². The number of thiophene rings is 1. The summed E-state index contributed by atoms with van der Waals surface area (Å²) in [5.74, 6) is 0.0287. The van der Waals surface area contributed by atoms with Crippen LogP contribution in [0.3, 0.4) is 0 Å². The van der Waals surface area contributed by atoms with Gasteiger partial charge in [-0.15, -0.1) is 11.3 Å². The molecular weight excluding hydrogens is 220 g/mol. The Morgan fingerprint density at radius 1 is 1.56 bits per heavy atom. The average molecular weight is 232 g/mol. The molecule has 2 rings (SSSR count). The van der Waals surface area contributed by atoms with Gasteiger partial charge in [-0.05, 0) is 36.6 Å². The number of carbonyl (C=O) groups excluding carboxylic acids is 1. The summed E-state index contributed by atoms with van der Waals surface area (Å²) in [4.78, 5) is 12.4. The Balaban J connectivity index is 2.07. The van der Waals surface area contributed by atoms with Crippen molar-refractivity contribution in [2.75, 3.05) is 0 Å². The van der Waals surface area contributed by atoms with Crippen LogP contribution in [0.15, 0.2) is 35.9 Å². The first-order valence-corrected chi connectivity index (χ1v) is 5.97. The van der Waals surface area contributed by atoms with Crippen molar-refractivity contribution in [3.63, 3.8) is 0 Å². The Kier molecular flexibility index (Phi) is 3.31. The molecule has 0 N–H and O–H groups in total. The van der Waals surface area contributed by atoms with Gasteiger partial charge < -0.3 is 0 Å². The molecule has 0 spiro atoms. The minimum atomic E-state index is 0.0287. The lowest BCUT2D eigenvalue weighted by molar-refractivity contribution is 0.105. The fourth-order valence-corrected chi connectivity index (χ4v) is 1.95. The number of carbonyl (C=O) groups is 1. The molecule has 0 unspecified atom stereocenters. The number of hydrogen-bond acceptors (Lipinski definition) is 3. The van der Waals surface area contributed by atoms with E-state index in [-0.39, 0.29) is 5.78 Å². The third-order valence-electron chi connectivity index (χ3n) is 2.15. The van der Waals surface area contributed by atoms with Gasteiger partial charge in [0.1, 0.15) is 0 Å². The molecule has 0 bridgehead atoms. The molecule has 0 radical (unpaired) electrons. The van der Waals surface area contributed by atoms with Gasteiger partial charge >= 0.3 is 0 Å². The molecule has 2 aromatic rings. The van der Waals surface area contributed by atoms with Gasteiger partial charge in [0.05, 0.1) is 10.6 Å². The van der Waals surface area contributed by atoms with Gasteiger partial charge in [-0.25, -0.2) is 0 Å². The first-order chi connectivity index (χ1) is 7.79. The molecule has 0 saturated heterocycles. The van der Waals surface area contributed by atoms with Crippen LogP contribution in [0.2, 0.25) is 0 Å². The predicted octanol–water partition coefficient (Wildman–Crippen LogP) is 2.86. The molecular formula is C12H12N2OS. The Morgan fingerprint density at radius 3 is 3.06 bits per heavy atom. The van der Waals surface area contributed by atoms with Crippen LogP contribution in [-0.4, -0.2) is 15.6 Å². The summed E-state index contributed by atoms with van der Waals surface area (Å²) in [5, 5.41) is 6.16. The fraction of sp³-hybridized carbons (Fsp3) is 0.167. The molecule has 0 aliphatic carbocycles. The van der Waals surface area contributed by atoms with E-state index in [4.69, 9.17) is 0 Å². The Hall–Kier alpha value is -1.68. The number of aryl methyl sites for hydroxylation is 1. The maximum atomic E-state index is 11.6. The van der Waals surface area contributed by atoms with Crippen molar-refractivity contribution in [2.24, 2.45) is 0 Å². The fourth-order valence-electron chi connectivity index (χ4n) is 1.30. The third kappa shape index (κ3) is 2.46. The second-order valence-corrected chi connectivity index (χ2v) is 4.22. The summed E-state index contributed by atoms with van der Waals surface area (Å²) >= 11 is 1.45. The first-order valence-electron chi connectivity index (χ1n) is 5.09. The number of allylic oxidation sites excluding steroid dienone is 1. The average Bonchev–Trinajstić information content (AvgIpc) is 2.96. The molecule has 3 nitrogen and oxygen atoms in total. The van der Waals surface area contributed by atoms with Crippen LogP contribution in [0.25, 0.3) is 6.08 Å². The van der Waals surface area contributed by atoms with Crippen LogP contribution < -0.4 is 0 Å². The van der Waals surface area contributed by atoms with Crippen molar-refractivity contribution in [3.05, 3.63) is 46.4 Å². The number of hydrogen-bond donors (Lipinski definition) is 0. The van der Waals surface area contributed by atoms with E-state index in [0.29, 0.717) is 0 Å². The monoisotopic (exact) mass is 232 g/mol. The van der Waals surface area contributed by atoms with Crippen LogP contribution in [0.4, 0.5) is 0 Å². The highest BCUT2D eigenvalue weighted by Gasteiger charge is 2.01. The van der Waals surface area contributed by atoms with Crippen molar-refractivity contribution < 1.29 is 4.79 Å². The number of nitrogens with zero attached hydrogens (tertiary/aromatic N) is 2. The zero-order valence-corrected chi connectivity index (χ0v) is 9.78. The third-order valence-corrected chi connectivity index (χ3v) is 3.04. The Morgan fingerprint density at radius 2 is 2.44 bits per heavy atom. The molecule has 0 aliphatic heterocycles. The quantitative estimate of drug-likeness (QED) is 0.600. The van der Waals surface area contributed by atoms with Crippen molar-refractivity contribution in [2.45, 2.75) is 13.5 Å². The minimum absolute atomic E-state index is 0.0287. The summed E-state index contributed by atoms with van der Waals surface area (Å²) in [7, 11) is 0. The number of ketones is 1. The molecule has 0 fully saturated rings.